The molecule has 0 saturated carbocycles. The average Bonchev–Trinajstić information content (AvgIpc) is 2.30. The van der Waals surface area contributed by atoms with Gasteiger partial charge in [0.15, 0.2) is 0 Å². The quantitative estimate of drug-likeness (QED) is 0.683. The summed E-state index contributed by atoms with van der Waals surface area (Å²) in [5.41, 5.74) is 1.12. The van der Waals surface area contributed by atoms with Crippen molar-refractivity contribution < 1.29 is 14.3 Å². The summed E-state index contributed by atoms with van der Waals surface area (Å²) < 4.78 is 10.6. The van der Waals surface area contributed by atoms with Gasteiger partial charge in [-0.05, 0) is 18.9 Å². The molecule has 0 aliphatic rings. The van der Waals surface area contributed by atoms with Crippen molar-refractivity contribution in [1.29, 1.82) is 0 Å². The van der Waals surface area contributed by atoms with Gasteiger partial charge >= 0.3 is 5.97 Å². The van der Waals surface area contributed by atoms with E-state index in [0.717, 1.165) is 12.0 Å². The van der Waals surface area contributed by atoms with Crippen LogP contribution in [-0.2, 0) is 20.9 Å². The van der Waals surface area contributed by atoms with Gasteiger partial charge in [-0.1, -0.05) is 37.3 Å². The van der Waals surface area contributed by atoms with Crippen molar-refractivity contribution in [3.05, 3.63) is 35.9 Å². The summed E-state index contributed by atoms with van der Waals surface area (Å²) in [6, 6.07) is 9.94. The topological polar surface area (TPSA) is 35.5 Å². The minimum absolute atomic E-state index is 0.150. The van der Waals surface area contributed by atoms with E-state index in [4.69, 9.17) is 9.47 Å². The van der Waals surface area contributed by atoms with E-state index in [9.17, 15) is 4.79 Å². The van der Waals surface area contributed by atoms with E-state index in [1.54, 1.807) is 0 Å². The number of ether oxygens (including phenoxy) is 2. The van der Waals surface area contributed by atoms with Gasteiger partial charge < -0.3 is 9.47 Å². The average molecular weight is 236 g/mol. The number of carbonyl (C=O) groups excluding carboxylic acids is 1. The van der Waals surface area contributed by atoms with Crippen LogP contribution < -0.4 is 0 Å². The highest BCUT2D eigenvalue weighted by Gasteiger charge is 2.08. The Labute approximate surface area is 103 Å². The molecule has 3 nitrogen and oxygen atoms in total. The first-order chi connectivity index (χ1) is 8.22. The molecule has 1 rings (SSSR count). The van der Waals surface area contributed by atoms with Crippen LogP contribution in [0.1, 0.15) is 32.3 Å². The second-order valence-electron chi connectivity index (χ2n) is 4.05. The van der Waals surface area contributed by atoms with Crippen molar-refractivity contribution in [2.45, 2.75) is 39.4 Å². The molecule has 0 amide bonds. The second-order valence-corrected chi connectivity index (χ2v) is 4.05. The van der Waals surface area contributed by atoms with Gasteiger partial charge in [-0.25, -0.2) is 0 Å². The summed E-state index contributed by atoms with van der Waals surface area (Å²) in [5.74, 6) is -0.150. The lowest BCUT2D eigenvalue weighted by atomic mass is 10.2. The van der Waals surface area contributed by atoms with Gasteiger partial charge in [-0.15, -0.1) is 0 Å². The summed E-state index contributed by atoms with van der Waals surface area (Å²) in [7, 11) is 0. The molecule has 1 aromatic rings. The van der Waals surface area contributed by atoms with E-state index >= 15 is 0 Å². The van der Waals surface area contributed by atoms with Crippen LogP contribution in [0.5, 0.6) is 0 Å². The summed E-state index contributed by atoms with van der Waals surface area (Å²) in [5, 5.41) is 0. The Balaban J connectivity index is 2.16. The van der Waals surface area contributed by atoms with Crippen LogP contribution in [0.25, 0.3) is 0 Å². The summed E-state index contributed by atoms with van der Waals surface area (Å²) >= 11 is 0. The Bertz CT molecular complexity index is 321. The third kappa shape index (κ3) is 6.07. The third-order valence-electron chi connectivity index (χ3n) is 2.25. The molecule has 0 aliphatic heterocycles. The first-order valence-electron chi connectivity index (χ1n) is 6.03. The molecule has 0 bridgehead atoms. The summed E-state index contributed by atoms with van der Waals surface area (Å²) in [6.45, 7) is 4.79. The van der Waals surface area contributed by atoms with Crippen molar-refractivity contribution >= 4 is 5.97 Å². The minimum Gasteiger partial charge on any atom is -0.460 e. The molecule has 0 aliphatic carbocycles. The maximum Gasteiger partial charge on any atom is 0.306 e. The SMILES string of the molecule is CCCC(=O)OC(C)COCc1ccccc1. The molecule has 0 saturated heterocycles. The molecule has 1 unspecified atom stereocenters. The normalized spacial score (nSPS) is 12.1. The zero-order valence-corrected chi connectivity index (χ0v) is 10.5. The molecule has 0 N–H and O–H groups in total. The molecule has 1 atom stereocenters. The van der Waals surface area contributed by atoms with Crippen molar-refractivity contribution in [1.82, 2.24) is 0 Å². The van der Waals surface area contributed by atoms with Gasteiger partial charge in [-0.3, -0.25) is 4.79 Å². The number of carbonyl (C=O) groups is 1. The molecule has 0 heterocycles. The molecule has 0 aromatic heterocycles. The molecule has 94 valence electrons. The highest BCUT2D eigenvalue weighted by atomic mass is 16.6. The molecule has 17 heavy (non-hydrogen) atoms. The molecular formula is C14H20O3. The van der Waals surface area contributed by atoms with Crippen LogP contribution in [-0.4, -0.2) is 18.7 Å². The van der Waals surface area contributed by atoms with Gasteiger partial charge in [0.1, 0.15) is 6.10 Å². The molecule has 0 fully saturated rings. The largest absolute Gasteiger partial charge is 0.460 e. The summed E-state index contributed by atoms with van der Waals surface area (Å²) in [4.78, 5) is 11.2. The van der Waals surface area contributed by atoms with E-state index in [0.29, 0.717) is 19.6 Å². The van der Waals surface area contributed by atoms with E-state index in [2.05, 4.69) is 0 Å². The predicted octanol–water partition coefficient (Wildman–Crippen LogP) is 2.94. The van der Waals surface area contributed by atoms with Crippen LogP contribution >= 0.6 is 0 Å². The first kappa shape index (κ1) is 13.7. The lowest BCUT2D eigenvalue weighted by molar-refractivity contribution is -0.151. The Morgan fingerprint density at radius 3 is 2.65 bits per heavy atom. The zero-order chi connectivity index (χ0) is 12.5. The second kappa shape index (κ2) is 7.85. The van der Waals surface area contributed by atoms with Crippen LogP contribution in [0.4, 0.5) is 0 Å². The van der Waals surface area contributed by atoms with Gasteiger partial charge in [0.25, 0.3) is 0 Å². The van der Waals surface area contributed by atoms with Crippen LogP contribution in [0.15, 0.2) is 30.3 Å². The van der Waals surface area contributed by atoms with Crippen molar-refractivity contribution in [3.8, 4) is 0 Å². The van der Waals surface area contributed by atoms with E-state index in [-0.39, 0.29) is 12.1 Å². The maximum atomic E-state index is 11.2. The van der Waals surface area contributed by atoms with E-state index < -0.39 is 0 Å². The molecule has 0 radical (unpaired) electrons. The van der Waals surface area contributed by atoms with Crippen LogP contribution in [0, 0.1) is 0 Å². The lowest BCUT2D eigenvalue weighted by Crippen LogP contribution is -2.20. The van der Waals surface area contributed by atoms with E-state index in [1.165, 1.54) is 0 Å². The number of benzene rings is 1. The molecule has 3 heteroatoms. The van der Waals surface area contributed by atoms with Crippen LogP contribution in [0.3, 0.4) is 0 Å². The smallest absolute Gasteiger partial charge is 0.306 e. The predicted molar refractivity (Wildman–Crippen MR) is 66.6 cm³/mol. The fourth-order valence-electron chi connectivity index (χ4n) is 1.44. The molecule has 1 aromatic carbocycles. The highest BCUT2D eigenvalue weighted by molar-refractivity contribution is 5.69. The van der Waals surface area contributed by atoms with Gasteiger partial charge in [0, 0.05) is 6.42 Å². The number of rotatable bonds is 7. The van der Waals surface area contributed by atoms with Gasteiger partial charge in [0.05, 0.1) is 13.2 Å². The summed E-state index contributed by atoms with van der Waals surface area (Å²) in [6.07, 6.45) is 1.11. The monoisotopic (exact) mass is 236 g/mol. The number of esters is 1. The Kier molecular flexibility index (Phi) is 6.33. The van der Waals surface area contributed by atoms with Gasteiger partial charge in [0.2, 0.25) is 0 Å². The van der Waals surface area contributed by atoms with E-state index in [1.807, 2.05) is 44.2 Å². The van der Waals surface area contributed by atoms with Crippen molar-refractivity contribution in [3.63, 3.8) is 0 Å². The number of hydrogen-bond donors (Lipinski definition) is 0. The Morgan fingerprint density at radius 1 is 1.29 bits per heavy atom. The first-order valence-corrected chi connectivity index (χ1v) is 6.03. The molecular weight excluding hydrogens is 216 g/mol. The van der Waals surface area contributed by atoms with Crippen LogP contribution in [0.2, 0.25) is 0 Å². The van der Waals surface area contributed by atoms with Crippen molar-refractivity contribution in [2.24, 2.45) is 0 Å². The van der Waals surface area contributed by atoms with Crippen molar-refractivity contribution in [2.75, 3.05) is 6.61 Å². The fourth-order valence-corrected chi connectivity index (χ4v) is 1.44. The third-order valence-corrected chi connectivity index (χ3v) is 2.25. The van der Waals surface area contributed by atoms with Gasteiger partial charge in [-0.2, -0.15) is 0 Å². The Morgan fingerprint density at radius 2 is 2.00 bits per heavy atom. The number of hydrogen-bond acceptors (Lipinski definition) is 3. The highest BCUT2D eigenvalue weighted by Crippen LogP contribution is 2.03. The zero-order valence-electron chi connectivity index (χ0n) is 10.5. The Hall–Kier alpha value is -1.35. The fraction of sp³-hybridized carbons (Fsp3) is 0.500. The lowest BCUT2D eigenvalue weighted by Gasteiger charge is -2.13. The molecule has 0 spiro atoms. The minimum atomic E-state index is -0.183. The standard InChI is InChI=1S/C14H20O3/c1-3-7-14(15)17-12(2)10-16-11-13-8-5-4-6-9-13/h4-6,8-9,12H,3,7,10-11H2,1-2H3. The maximum absolute atomic E-state index is 11.2.